The van der Waals surface area contributed by atoms with E-state index in [1.165, 1.54) is 11.3 Å². The van der Waals surface area contributed by atoms with Crippen LogP contribution in [0.1, 0.15) is 11.1 Å². The van der Waals surface area contributed by atoms with E-state index in [0.717, 1.165) is 22.7 Å². The predicted octanol–water partition coefficient (Wildman–Crippen LogP) is 4.55. The number of imide groups is 1. The molecule has 10 heteroatoms. The van der Waals surface area contributed by atoms with Gasteiger partial charge in [0.05, 0.1) is 33.1 Å². The van der Waals surface area contributed by atoms with Gasteiger partial charge in [-0.1, -0.05) is 36.0 Å². The Labute approximate surface area is 182 Å². The zero-order valence-electron chi connectivity index (χ0n) is 15.5. The summed E-state index contributed by atoms with van der Waals surface area (Å²) in [6.45, 7) is 0. The van der Waals surface area contributed by atoms with Crippen LogP contribution in [0.25, 0.3) is 16.3 Å². The molecule has 0 spiro atoms. The summed E-state index contributed by atoms with van der Waals surface area (Å²) in [6, 6.07) is 12.5. The Morgan fingerprint density at radius 3 is 2.45 bits per heavy atom. The number of alkyl halides is 3. The number of nitrogens with zero attached hydrogens (tertiary/aromatic N) is 2. The van der Waals surface area contributed by atoms with Crippen LogP contribution in [0.15, 0.2) is 64.5 Å². The Kier molecular flexibility index (Phi) is 4.45. The Morgan fingerprint density at radius 2 is 1.81 bits per heavy atom. The monoisotopic (exact) mass is 459 g/mol. The van der Waals surface area contributed by atoms with Crippen molar-refractivity contribution in [2.45, 2.75) is 16.5 Å². The van der Waals surface area contributed by atoms with Crippen LogP contribution >= 0.6 is 23.1 Å². The molecule has 5 rings (SSSR count). The molecule has 1 saturated heterocycles. The van der Waals surface area contributed by atoms with Gasteiger partial charge in [-0.15, -0.1) is 11.3 Å². The minimum atomic E-state index is -4.72. The summed E-state index contributed by atoms with van der Waals surface area (Å²) >= 11 is 2.08. The molecule has 1 fully saturated rings. The van der Waals surface area contributed by atoms with Gasteiger partial charge in [-0.2, -0.15) is 13.2 Å². The van der Waals surface area contributed by atoms with Crippen molar-refractivity contribution < 1.29 is 22.8 Å². The zero-order chi connectivity index (χ0) is 21.9. The summed E-state index contributed by atoms with van der Waals surface area (Å²) in [6.07, 6.45) is -4.72. The molecular weight excluding hydrogens is 447 g/mol. The number of halogens is 3. The summed E-state index contributed by atoms with van der Waals surface area (Å²) in [7, 11) is 0. The first kappa shape index (κ1) is 19.8. The van der Waals surface area contributed by atoms with Crippen LogP contribution in [0.5, 0.6) is 0 Å². The van der Waals surface area contributed by atoms with Gasteiger partial charge in [-0.3, -0.25) is 9.59 Å². The van der Waals surface area contributed by atoms with Crippen molar-refractivity contribution in [2.75, 3.05) is 4.90 Å². The molecule has 1 aromatic carbocycles. The number of rotatable bonds is 2. The van der Waals surface area contributed by atoms with Gasteiger partial charge >= 0.3 is 6.18 Å². The third-order valence-corrected chi connectivity index (χ3v) is 7.09. The topological polar surface area (TPSA) is 76.3 Å². The van der Waals surface area contributed by atoms with Crippen molar-refractivity contribution in [3.8, 4) is 10.6 Å². The number of aromatic nitrogens is 1. The maximum absolute atomic E-state index is 14.0. The number of thiophene rings is 1. The molecule has 0 saturated carbocycles. The Balaban J connectivity index is 1.71. The summed E-state index contributed by atoms with van der Waals surface area (Å²) in [5.41, 5.74) is 4.78. The maximum atomic E-state index is 14.0. The quantitative estimate of drug-likeness (QED) is 0.569. The maximum Gasteiger partial charge on any atom is 0.417 e. The molecule has 2 amide bonds. The SMILES string of the molecule is NC1=C2C(=O)N(c3ccccc3)C(=O)[C@@H]2Sc2nc(-c3cccs3)cc(C(F)(F)F)c21. The molecule has 2 aliphatic rings. The molecule has 3 aromatic rings. The highest BCUT2D eigenvalue weighted by Gasteiger charge is 2.51. The van der Waals surface area contributed by atoms with E-state index in [-0.39, 0.29) is 27.6 Å². The number of nitrogens with two attached hydrogens (primary N) is 1. The number of hydrogen-bond donors (Lipinski definition) is 1. The highest BCUT2D eigenvalue weighted by atomic mass is 32.2. The third kappa shape index (κ3) is 3.05. The lowest BCUT2D eigenvalue weighted by atomic mass is 10.00. The molecule has 0 bridgehead atoms. The van der Waals surface area contributed by atoms with Gasteiger partial charge in [0.15, 0.2) is 0 Å². The van der Waals surface area contributed by atoms with Crippen molar-refractivity contribution in [1.29, 1.82) is 0 Å². The summed E-state index contributed by atoms with van der Waals surface area (Å²) < 4.78 is 41.9. The van der Waals surface area contributed by atoms with Crippen LogP contribution in [0.2, 0.25) is 0 Å². The van der Waals surface area contributed by atoms with Crippen LogP contribution in [0.4, 0.5) is 18.9 Å². The minimum Gasteiger partial charge on any atom is -0.398 e. The van der Waals surface area contributed by atoms with Crippen molar-refractivity contribution >= 4 is 46.3 Å². The number of pyridine rings is 1. The molecule has 156 valence electrons. The standard InChI is InChI=1S/C21H12F3N3O2S2/c22-21(23,24)11-9-12(13-7-4-8-30-13)26-18-14(11)16(25)15-17(31-18)20(29)27(19(15)28)10-5-2-1-3-6-10/h1-9,17H,25H2/t17-/m1/s1. The van der Waals surface area contributed by atoms with Crippen molar-refractivity contribution in [1.82, 2.24) is 4.98 Å². The Hall–Kier alpha value is -3.11. The summed E-state index contributed by atoms with van der Waals surface area (Å²) in [5.74, 6) is -1.27. The molecule has 5 nitrogen and oxygen atoms in total. The van der Waals surface area contributed by atoms with Crippen LogP contribution in [-0.2, 0) is 15.8 Å². The first-order valence-electron chi connectivity index (χ1n) is 9.03. The van der Waals surface area contributed by atoms with Gasteiger partial charge in [0.1, 0.15) is 10.3 Å². The number of para-hydroxylation sites is 1. The molecule has 0 radical (unpaired) electrons. The van der Waals surface area contributed by atoms with Crippen molar-refractivity contribution in [3.05, 3.63) is 70.6 Å². The lowest BCUT2D eigenvalue weighted by Crippen LogP contribution is -2.31. The van der Waals surface area contributed by atoms with Crippen molar-refractivity contribution in [2.24, 2.45) is 5.73 Å². The number of hydrogen-bond acceptors (Lipinski definition) is 6. The van der Waals surface area contributed by atoms with Gasteiger partial charge in [-0.05, 0) is 29.6 Å². The van der Waals surface area contributed by atoms with E-state index >= 15 is 0 Å². The predicted molar refractivity (Wildman–Crippen MR) is 112 cm³/mol. The number of fused-ring (bicyclic) bond motifs is 2. The Morgan fingerprint density at radius 1 is 1.06 bits per heavy atom. The molecule has 2 aromatic heterocycles. The highest BCUT2D eigenvalue weighted by molar-refractivity contribution is 8.01. The van der Waals surface area contributed by atoms with E-state index in [1.807, 2.05) is 0 Å². The number of amides is 2. The van der Waals surface area contributed by atoms with E-state index in [0.29, 0.717) is 10.6 Å². The van der Waals surface area contributed by atoms with E-state index in [1.54, 1.807) is 47.8 Å². The van der Waals surface area contributed by atoms with Gasteiger partial charge in [-0.25, -0.2) is 9.88 Å². The highest BCUT2D eigenvalue weighted by Crippen LogP contribution is 2.49. The van der Waals surface area contributed by atoms with Crippen LogP contribution < -0.4 is 10.6 Å². The number of benzene rings is 1. The number of thioether (sulfide) groups is 1. The lowest BCUT2D eigenvalue weighted by Gasteiger charge is -2.24. The smallest absolute Gasteiger partial charge is 0.398 e. The molecular formula is C21H12F3N3O2S2. The second-order valence-corrected chi connectivity index (χ2v) is 8.89. The lowest BCUT2D eigenvalue weighted by molar-refractivity contribution is -0.138. The van der Waals surface area contributed by atoms with Gasteiger partial charge in [0.25, 0.3) is 11.8 Å². The van der Waals surface area contributed by atoms with Crippen molar-refractivity contribution in [3.63, 3.8) is 0 Å². The molecule has 0 aliphatic carbocycles. The van der Waals surface area contributed by atoms with Gasteiger partial charge < -0.3 is 5.73 Å². The molecule has 1 atom stereocenters. The normalized spacial score (nSPS) is 18.4. The van der Waals surface area contributed by atoms with E-state index in [4.69, 9.17) is 5.73 Å². The Bertz CT molecular complexity index is 1250. The fraction of sp³-hybridized carbons (Fsp3) is 0.0952. The summed E-state index contributed by atoms with van der Waals surface area (Å²) in [4.78, 5) is 32.0. The van der Waals surface area contributed by atoms with E-state index in [2.05, 4.69) is 4.98 Å². The average molecular weight is 459 g/mol. The van der Waals surface area contributed by atoms with Crippen LogP contribution in [-0.4, -0.2) is 22.0 Å². The average Bonchev–Trinajstić information content (AvgIpc) is 3.35. The summed E-state index contributed by atoms with van der Waals surface area (Å²) in [5, 5.41) is 0.674. The molecule has 2 aliphatic heterocycles. The minimum absolute atomic E-state index is 0.0134. The van der Waals surface area contributed by atoms with E-state index in [9.17, 15) is 22.8 Å². The molecule has 2 N–H and O–H groups in total. The number of carbonyl (C=O) groups is 2. The van der Waals surface area contributed by atoms with Gasteiger partial charge in [0, 0.05) is 5.56 Å². The number of carbonyl (C=O) groups excluding carboxylic acids is 2. The molecule has 0 unspecified atom stereocenters. The number of anilines is 1. The second kappa shape index (κ2) is 6.96. The fourth-order valence-electron chi connectivity index (χ4n) is 3.65. The largest absolute Gasteiger partial charge is 0.417 e. The first-order valence-corrected chi connectivity index (χ1v) is 10.8. The zero-order valence-corrected chi connectivity index (χ0v) is 17.1. The van der Waals surface area contributed by atoms with Crippen LogP contribution in [0, 0.1) is 0 Å². The van der Waals surface area contributed by atoms with E-state index < -0.39 is 28.8 Å². The second-order valence-electron chi connectivity index (χ2n) is 6.85. The molecule has 31 heavy (non-hydrogen) atoms. The first-order chi connectivity index (χ1) is 14.8. The fourth-order valence-corrected chi connectivity index (χ4v) is 5.60. The van der Waals surface area contributed by atoms with Gasteiger partial charge in [0.2, 0.25) is 0 Å². The third-order valence-electron chi connectivity index (χ3n) is 5.01. The van der Waals surface area contributed by atoms with Crippen LogP contribution in [0.3, 0.4) is 0 Å². The molecule has 4 heterocycles.